The van der Waals surface area contributed by atoms with E-state index in [1.807, 2.05) is 6.92 Å². The highest BCUT2D eigenvalue weighted by molar-refractivity contribution is 9.10. The van der Waals surface area contributed by atoms with Gasteiger partial charge in [0.25, 0.3) is 0 Å². The monoisotopic (exact) mass is 259 g/mol. The van der Waals surface area contributed by atoms with Gasteiger partial charge in [0.1, 0.15) is 5.69 Å². The van der Waals surface area contributed by atoms with Gasteiger partial charge < -0.3 is 0 Å². The van der Waals surface area contributed by atoms with E-state index in [0.717, 1.165) is 12.8 Å². The molecular weight excluding hydrogens is 246 g/mol. The van der Waals surface area contributed by atoms with Crippen LogP contribution in [0.15, 0.2) is 4.60 Å². The molecule has 78 valence electrons. The fourth-order valence-electron chi connectivity index (χ4n) is 1.39. The summed E-state index contributed by atoms with van der Waals surface area (Å²) in [5.74, 6) is 0.139. The van der Waals surface area contributed by atoms with Crippen molar-refractivity contribution >= 4 is 21.7 Å². The molecule has 0 saturated heterocycles. The number of aromatic nitrogens is 3. The van der Waals surface area contributed by atoms with Crippen LogP contribution in [-0.4, -0.2) is 20.8 Å². The van der Waals surface area contributed by atoms with Crippen LogP contribution in [0.4, 0.5) is 0 Å². The zero-order valence-electron chi connectivity index (χ0n) is 8.62. The van der Waals surface area contributed by atoms with Gasteiger partial charge in [0.05, 0.1) is 0 Å². The second kappa shape index (κ2) is 4.68. The predicted molar refractivity (Wildman–Crippen MR) is 57.1 cm³/mol. The molecule has 0 amide bonds. The summed E-state index contributed by atoms with van der Waals surface area (Å²) in [4.78, 5) is 11.9. The van der Waals surface area contributed by atoms with Gasteiger partial charge >= 0.3 is 0 Å². The van der Waals surface area contributed by atoms with Crippen molar-refractivity contribution in [1.82, 2.24) is 15.0 Å². The number of nitrogens with zero attached hydrogens (tertiary/aromatic N) is 3. The van der Waals surface area contributed by atoms with Gasteiger partial charge in [-0.3, -0.25) is 4.79 Å². The predicted octanol–water partition coefficient (Wildman–Crippen LogP) is 2.20. The van der Waals surface area contributed by atoms with Gasteiger partial charge in [0.15, 0.2) is 10.4 Å². The van der Waals surface area contributed by atoms with Crippen LogP contribution in [0.3, 0.4) is 0 Å². The minimum absolute atomic E-state index is 0.0356. The van der Waals surface area contributed by atoms with Crippen molar-refractivity contribution in [2.24, 2.45) is 13.0 Å². The lowest BCUT2D eigenvalue weighted by atomic mass is 9.99. The van der Waals surface area contributed by atoms with Crippen LogP contribution in [-0.2, 0) is 7.05 Å². The quantitative estimate of drug-likeness (QED) is 0.779. The van der Waals surface area contributed by atoms with Gasteiger partial charge in [-0.05, 0) is 22.4 Å². The van der Waals surface area contributed by atoms with E-state index in [1.165, 1.54) is 4.68 Å². The first-order valence-electron chi connectivity index (χ1n) is 4.67. The van der Waals surface area contributed by atoms with Gasteiger partial charge in [-0.2, -0.15) is 0 Å². The zero-order valence-corrected chi connectivity index (χ0v) is 10.2. The maximum absolute atomic E-state index is 11.9. The molecule has 0 fully saturated rings. The SMILES string of the molecule is CCCC(C)C(=O)c1c(Br)nnn1C. The third kappa shape index (κ3) is 2.20. The highest BCUT2D eigenvalue weighted by Gasteiger charge is 2.21. The Labute approximate surface area is 91.8 Å². The minimum Gasteiger partial charge on any atom is -0.292 e. The molecule has 1 aromatic rings. The number of aryl methyl sites for hydroxylation is 1. The van der Waals surface area contributed by atoms with Crippen molar-refractivity contribution < 1.29 is 4.79 Å². The van der Waals surface area contributed by atoms with Crippen LogP contribution < -0.4 is 0 Å². The number of halogens is 1. The number of rotatable bonds is 4. The molecular formula is C9H14BrN3O. The van der Waals surface area contributed by atoms with E-state index in [2.05, 4.69) is 33.2 Å². The number of carbonyl (C=O) groups excluding carboxylic acids is 1. The lowest BCUT2D eigenvalue weighted by Crippen LogP contribution is -2.15. The average molecular weight is 260 g/mol. The second-order valence-electron chi connectivity index (χ2n) is 3.41. The first kappa shape index (κ1) is 11.4. The third-order valence-corrected chi connectivity index (χ3v) is 2.72. The summed E-state index contributed by atoms with van der Waals surface area (Å²) in [6.07, 6.45) is 1.91. The van der Waals surface area contributed by atoms with Crippen LogP contribution >= 0.6 is 15.9 Å². The summed E-state index contributed by atoms with van der Waals surface area (Å²) in [5, 5.41) is 7.57. The third-order valence-electron chi connectivity index (χ3n) is 2.19. The van der Waals surface area contributed by atoms with Gasteiger partial charge in [-0.15, -0.1) is 5.10 Å². The van der Waals surface area contributed by atoms with Crippen LogP contribution in [0.1, 0.15) is 37.2 Å². The molecule has 1 unspecified atom stereocenters. The highest BCUT2D eigenvalue weighted by Crippen LogP contribution is 2.18. The molecule has 1 aromatic heterocycles. The summed E-state index contributed by atoms with van der Waals surface area (Å²) in [6.45, 7) is 4.01. The second-order valence-corrected chi connectivity index (χ2v) is 4.16. The van der Waals surface area contributed by atoms with Gasteiger partial charge in [0, 0.05) is 13.0 Å². The smallest absolute Gasteiger partial charge is 0.186 e. The molecule has 0 aliphatic rings. The molecule has 0 aromatic carbocycles. The van der Waals surface area contributed by atoms with E-state index in [4.69, 9.17) is 0 Å². The largest absolute Gasteiger partial charge is 0.292 e. The normalized spacial score (nSPS) is 12.9. The number of carbonyl (C=O) groups is 1. The first-order valence-corrected chi connectivity index (χ1v) is 5.46. The van der Waals surface area contributed by atoms with Crippen LogP contribution in [0, 0.1) is 5.92 Å². The maximum atomic E-state index is 11.9. The van der Waals surface area contributed by atoms with Gasteiger partial charge in [-0.25, -0.2) is 4.68 Å². The van der Waals surface area contributed by atoms with Gasteiger partial charge in [0.2, 0.25) is 0 Å². The first-order chi connectivity index (χ1) is 6.57. The average Bonchev–Trinajstić information content (AvgIpc) is 2.46. The molecule has 0 N–H and O–H groups in total. The Morgan fingerprint density at radius 3 is 2.71 bits per heavy atom. The fraction of sp³-hybridized carbons (Fsp3) is 0.667. The van der Waals surface area contributed by atoms with Crippen molar-refractivity contribution in [2.75, 3.05) is 0 Å². The van der Waals surface area contributed by atoms with E-state index >= 15 is 0 Å². The Morgan fingerprint density at radius 2 is 2.29 bits per heavy atom. The topological polar surface area (TPSA) is 47.8 Å². The number of hydrogen-bond donors (Lipinski definition) is 0. The number of ketones is 1. The standard InChI is InChI=1S/C9H14BrN3O/c1-4-5-6(2)8(14)7-9(10)11-12-13(7)3/h6H,4-5H2,1-3H3. The molecule has 0 saturated carbocycles. The molecule has 1 rings (SSSR count). The van der Waals surface area contributed by atoms with E-state index < -0.39 is 0 Å². The molecule has 0 spiro atoms. The maximum Gasteiger partial charge on any atom is 0.186 e. The molecule has 5 heteroatoms. The fourth-order valence-corrected chi connectivity index (χ4v) is 1.91. The Balaban J connectivity index is 2.88. The number of hydrogen-bond acceptors (Lipinski definition) is 3. The molecule has 1 atom stereocenters. The molecule has 0 aliphatic carbocycles. The van der Waals surface area contributed by atoms with Crippen LogP contribution in [0.25, 0.3) is 0 Å². The Bertz CT molecular complexity index is 315. The summed E-state index contributed by atoms with van der Waals surface area (Å²) in [5.41, 5.74) is 0.561. The van der Waals surface area contributed by atoms with Crippen molar-refractivity contribution in [3.8, 4) is 0 Å². The number of Topliss-reactive ketones (excluding diaryl/α,β-unsaturated/α-hetero) is 1. The molecule has 14 heavy (non-hydrogen) atoms. The van der Waals surface area contributed by atoms with E-state index in [9.17, 15) is 4.79 Å². The van der Waals surface area contributed by atoms with Crippen molar-refractivity contribution in [3.63, 3.8) is 0 Å². The highest BCUT2D eigenvalue weighted by atomic mass is 79.9. The lowest BCUT2D eigenvalue weighted by molar-refractivity contribution is 0.0913. The summed E-state index contributed by atoms with van der Waals surface area (Å²) in [6, 6.07) is 0. The minimum atomic E-state index is 0.0356. The van der Waals surface area contributed by atoms with E-state index in [1.54, 1.807) is 7.05 Å². The zero-order chi connectivity index (χ0) is 10.7. The summed E-state index contributed by atoms with van der Waals surface area (Å²) >= 11 is 3.22. The molecule has 1 heterocycles. The lowest BCUT2D eigenvalue weighted by Gasteiger charge is -2.08. The Kier molecular flexibility index (Phi) is 3.80. The molecule has 4 nitrogen and oxygen atoms in total. The van der Waals surface area contributed by atoms with Crippen LogP contribution in [0.5, 0.6) is 0 Å². The molecule has 0 aliphatic heterocycles. The van der Waals surface area contributed by atoms with E-state index in [0.29, 0.717) is 10.3 Å². The van der Waals surface area contributed by atoms with Crippen molar-refractivity contribution in [2.45, 2.75) is 26.7 Å². The molecule has 0 radical (unpaired) electrons. The van der Waals surface area contributed by atoms with Crippen molar-refractivity contribution in [3.05, 3.63) is 10.3 Å². The Hall–Kier alpha value is -0.710. The van der Waals surface area contributed by atoms with Gasteiger partial charge in [-0.1, -0.05) is 25.5 Å². The molecule has 0 bridgehead atoms. The van der Waals surface area contributed by atoms with E-state index in [-0.39, 0.29) is 11.7 Å². The Morgan fingerprint density at radius 1 is 1.64 bits per heavy atom. The van der Waals surface area contributed by atoms with Crippen molar-refractivity contribution in [1.29, 1.82) is 0 Å². The summed E-state index contributed by atoms with van der Waals surface area (Å²) < 4.78 is 2.05. The van der Waals surface area contributed by atoms with Crippen LogP contribution in [0.2, 0.25) is 0 Å². The summed E-state index contributed by atoms with van der Waals surface area (Å²) in [7, 11) is 1.73.